The molecule has 1 fully saturated rings. The van der Waals surface area contributed by atoms with Crippen molar-refractivity contribution in [2.75, 3.05) is 19.8 Å². The van der Waals surface area contributed by atoms with Crippen LogP contribution in [0.3, 0.4) is 0 Å². The minimum Gasteiger partial charge on any atom is -0.377 e. The number of hydrogen-bond acceptors (Lipinski definition) is 4. The fraction of sp³-hybridized carbons (Fsp3) is 0.462. The van der Waals surface area contributed by atoms with E-state index in [1.54, 1.807) is 17.1 Å². The lowest BCUT2D eigenvalue weighted by Gasteiger charge is -2.34. The molecule has 3 rings (SSSR count). The van der Waals surface area contributed by atoms with Gasteiger partial charge in [-0.25, -0.2) is 0 Å². The molecule has 1 amide bonds. The van der Waals surface area contributed by atoms with Gasteiger partial charge >= 0.3 is 0 Å². The van der Waals surface area contributed by atoms with E-state index in [2.05, 4.69) is 15.3 Å². The van der Waals surface area contributed by atoms with Crippen LogP contribution < -0.4 is 0 Å². The molecule has 0 radical (unpaired) electrons. The molecule has 2 aromatic rings. The highest BCUT2D eigenvalue weighted by Crippen LogP contribution is 2.22. The first-order valence-corrected chi connectivity index (χ1v) is 6.59. The Kier molecular flexibility index (Phi) is 3.51. The maximum Gasteiger partial charge on any atom is 0.245 e. The summed E-state index contributed by atoms with van der Waals surface area (Å²) in [5, 5.41) is 11.0. The number of ether oxygens (including phenoxy) is 1. The number of nitrogens with one attached hydrogen (secondary N) is 1. The van der Waals surface area contributed by atoms with Gasteiger partial charge < -0.3 is 9.64 Å². The van der Waals surface area contributed by atoms with Crippen molar-refractivity contribution in [3.63, 3.8) is 0 Å². The fourth-order valence-corrected chi connectivity index (χ4v) is 2.39. The van der Waals surface area contributed by atoms with E-state index in [0.717, 1.165) is 11.3 Å². The van der Waals surface area contributed by atoms with Crippen LogP contribution in [0.2, 0.25) is 0 Å². The lowest BCUT2D eigenvalue weighted by Crippen LogP contribution is -2.45. The van der Waals surface area contributed by atoms with Crippen molar-refractivity contribution in [3.8, 4) is 0 Å². The molecule has 0 aliphatic carbocycles. The second kappa shape index (κ2) is 5.46. The number of aryl methyl sites for hydroxylation is 1. The van der Waals surface area contributed by atoms with Gasteiger partial charge in [-0.1, -0.05) is 0 Å². The zero-order valence-corrected chi connectivity index (χ0v) is 11.3. The maximum absolute atomic E-state index is 12.5. The predicted octanol–water partition coefficient (Wildman–Crippen LogP) is 0.515. The number of amides is 1. The Labute approximate surface area is 116 Å². The van der Waals surface area contributed by atoms with Crippen molar-refractivity contribution in [2.45, 2.75) is 19.5 Å². The van der Waals surface area contributed by atoms with Crippen LogP contribution in [0.1, 0.15) is 17.3 Å². The molecule has 0 aromatic carbocycles. The molecule has 1 aliphatic rings. The van der Waals surface area contributed by atoms with E-state index in [0.29, 0.717) is 19.8 Å². The minimum absolute atomic E-state index is 0.0380. The van der Waals surface area contributed by atoms with Gasteiger partial charge in [-0.3, -0.25) is 14.6 Å². The zero-order chi connectivity index (χ0) is 13.9. The van der Waals surface area contributed by atoms with E-state index in [1.807, 2.05) is 24.1 Å². The number of carbonyl (C=O) groups is 1. The number of morpholine rings is 1. The number of nitrogens with zero attached hydrogens (tertiary/aromatic N) is 4. The fourth-order valence-electron chi connectivity index (χ4n) is 2.39. The Morgan fingerprint density at radius 2 is 2.50 bits per heavy atom. The number of rotatable bonds is 3. The SMILES string of the molecule is Cc1cnn(CC(=O)N2CCOC[C@@H]2c2ccn[nH]2)c1. The third-order valence-corrected chi connectivity index (χ3v) is 3.39. The van der Waals surface area contributed by atoms with Gasteiger partial charge in [0.2, 0.25) is 5.91 Å². The van der Waals surface area contributed by atoms with Gasteiger partial charge in [0, 0.05) is 18.9 Å². The average molecular weight is 275 g/mol. The normalized spacial score (nSPS) is 19.2. The third-order valence-electron chi connectivity index (χ3n) is 3.39. The lowest BCUT2D eigenvalue weighted by molar-refractivity contribution is -0.141. The third kappa shape index (κ3) is 2.57. The van der Waals surface area contributed by atoms with Gasteiger partial charge in [-0.05, 0) is 18.6 Å². The van der Waals surface area contributed by atoms with Crippen LogP contribution in [0.4, 0.5) is 0 Å². The van der Waals surface area contributed by atoms with E-state index < -0.39 is 0 Å². The van der Waals surface area contributed by atoms with Crippen molar-refractivity contribution < 1.29 is 9.53 Å². The molecular weight excluding hydrogens is 258 g/mol. The van der Waals surface area contributed by atoms with Crippen molar-refractivity contribution in [1.29, 1.82) is 0 Å². The molecule has 7 nitrogen and oxygen atoms in total. The van der Waals surface area contributed by atoms with Crippen LogP contribution in [-0.2, 0) is 16.1 Å². The molecule has 3 heterocycles. The number of hydrogen-bond donors (Lipinski definition) is 1. The van der Waals surface area contributed by atoms with Gasteiger partial charge in [0.05, 0.1) is 31.1 Å². The van der Waals surface area contributed by atoms with Crippen LogP contribution in [0.5, 0.6) is 0 Å². The quantitative estimate of drug-likeness (QED) is 0.885. The van der Waals surface area contributed by atoms with Gasteiger partial charge in [0.15, 0.2) is 0 Å². The molecule has 0 saturated carbocycles. The topological polar surface area (TPSA) is 76.0 Å². The van der Waals surface area contributed by atoms with Crippen LogP contribution in [0.15, 0.2) is 24.7 Å². The predicted molar refractivity (Wildman–Crippen MR) is 70.8 cm³/mol. The minimum atomic E-state index is -0.101. The summed E-state index contributed by atoms with van der Waals surface area (Å²) in [5.74, 6) is 0.0380. The van der Waals surface area contributed by atoms with Gasteiger partial charge in [0.1, 0.15) is 6.54 Å². The Balaban J connectivity index is 1.74. The molecule has 0 unspecified atom stereocenters. The first-order chi connectivity index (χ1) is 9.74. The summed E-state index contributed by atoms with van der Waals surface area (Å²) < 4.78 is 7.14. The summed E-state index contributed by atoms with van der Waals surface area (Å²) >= 11 is 0. The lowest BCUT2D eigenvalue weighted by atomic mass is 10.1. The summed E-state index contributed by atoms with van der Waals surface area (Å²) in [6, 6.07) is 1.77. The standard InChI is InChI=1S/C13H17N5O2/c1-10-6-15-17(7-10)8-13(19)18-4-5-20-9-12(18)11-2-3-14-16-11/h2-3,6-7,12H,4-5,8-9H2,1H3,(H,14,16)/t12-/m1/s1. The molecule has 2 aromatic heterocycles. The summed E-state index contributed by atoms with van der Waals surface area (Å²) in [4.78, 5) is 14.3. The Morgan fingerprint density at radius 1 is 1.60 bits per heavy atom. The monoisotopic (exact) mass is 275 g/mol. The summed E-state index contributed by atoms with van der Waals surface area (Å²) in [7, 11) is 0. The van der Waals surface area contributed by atoms with Crippen LogP contribution in [0.25, 0.3) is 0 Å². The van der Waals surface area contributed by atoms with E-state index in [-0.39, 0.29) is 18.5 Å². The highest BCUT2D eigenvalue weighted by atomic mass is 16.5. The largest absolute Gasteiger partial charge is 0.377 e. The van der Waals surface area contributed by atoms with Crippen LogP contribution >= 0.6 is 0 Å². The molecule has 0 spiro atoms. The molecule has 1 saturated heterocycles. The molecular formula is C13H17N5O2. The van der Waals surface area contributed by atoms with Crippen molar-refractivity contribution in [2.24, 2.45) is 0 Å². The van der Waals surface area contributed by atoms with E-state index in [4.69, 9.17) is 4.74 Å². The Hall–Kier alpha value is -2.15. The highest BCUT2D eigenvalue weighted by Gasteiger charge is 2.29. The Morgan fingerprint density at radius 3 is 3.20 bits per heavy atom. The molecule has 106 valence electrons. The second-order valence-corrected chi connectivity index (χ2v) is 4.91. The molecule has 1 aliphatic heterocycles. The maximum atomic E-state index is 12.5. The summed E-state index contributed by atoms with van der Waals surface area (Å²) in [6.45, 7) is 3.85. The van der Waals surface area contributed by atoms with Crippen molar-refractivity contribution in [3.05, 3.63) is 35.9 Å². The molecule has 20 heavy (non-hydrogen) atoms. The first-order valence-electron chi connectivity index (χ1n) is 6.59. The van der Waals surface area contributed by atoms with Gasteiger partial charge in [0.25, 0.3) is 0 Å². The molecule has 1 N–H and O–H groups in total. The zero-order valence-electron chi connectivity index (χ0n) is 11.3. The van der Waals surface area contributed by atoms with Crippen molar-refractivity contribution >= 4 is 5.91 Å². The van der Waals surface area contributed by atoms with E-state index in [1.165, 1.54) is 0 Å². The van der Waals surface area contributed by atoms with Crippen molar-refractivity contribution in [1.82, 2.24) is 24.9 Å². The van der Waals surface area contributed by atoms with Crippen LogP contribution in [0, 0.1) is 6.92 Å². The number of carbonyl (C=O) groups excluding carboxylic acids is 1. The number of aromatic nitrogens is 4. The number of aromatic amines is 1. The first kappa shape index (κ1) is 12.9. The summed E-state index contributed by atoms with van der Waals surface area (Å²) in [6.07, 6.45) is 5.30. The second-order valence-electron chi connectivity index (χ2n) is 4.91. The van der Waals surface area contributed by atoms with E-state index >= 15 is 0 Å². The summed E-state index contributed by atoms with van der Waals surface area (Å²) in [5.41, 5.74) is 1.94. The molecule has 1 atom stereocenters. The smallest absolute Gasteiger partial charge is 0.245 e. The molecule has 0 bridgehead atoms. The van der Waals surface area contributed by atoms with E-state index in [9.17, 15) is 4.79 Å². The molecule has 7 heteroatoms. The van der Waals surface area contributed by atoms with Gasteiger partial charge in [-0.2, -0.15) is 10.2 Å². The average Bonchev–Trinajstić information content (AvgIpc) is 3.10. The number of H-pyrrole nitrogens is 1. The van der Waals surface area contributed by atoms with Gasteiger partial charge in [-0.15, -0.1) is 0 Å². The Bertz CT molecular complexity index is 577. The highest BCUT2D eigenvalue weighted by molar-refractivity contribution is 5.76. The van der Waals surface area contributed by atoms with Crippen LogP contribution in [-0.4, -0.2) is 50.5 Å².